The lowest BCUT2D eigenvalue weighted by molar-refractivity contribution is 0.197. The summed E-state index contributed by atoms with van der Waals surface area (Å²) in [7, 11) is 0. The Labute approximate surface area is 119 Å². The second-order valence-corrected chi connectivity index (χ2v) is 4.18. The first-order valence-electron chi connectivity index (χ1n) is 6.26. The second kappa shape index (κ2) is 5.63. The van der Waals surface area contributed by atoms with Crippen molar-refractivity contribution < 1.29 is 14.4 Å². The Morgan fingerprint density at radius 2 is 2.10 bits per heavy atom. The number of ether oxygens (including phenoxy) is 1. The van der Waals surface area contributed by atoms with E-state index in [1.54, 1.807) is 0 Å². The van der Waals surface area contributed by atoms with Gasteiger partial charge in [-0.1, -0.05) is 35.5 Å². The maximum Gasteiger partial charge on any atom is 0.267 e. The van der Waals surface area contributed by atoms with Crippen molar-refractivity contribution in [1.82, 2.24) is 20.3 Å². The smallest absolute Gasteiger partial charge is 0.267 e. The zero-order chi connectivity index (χ0) is 14.7. The molecule has 8 heteroatoms. The van der Waals surface area contributed by atoms with Crippen molar-refractivity contribution in [3.63, 3.8) is 0 Å². The zero-order valence-corrected chi connectivity index (χ0v) is 11.0. The van der Waals surface area contributed by atoms with Crippen LogP contribution in [0.1, 0.15) is 0 Å². The first kappa shape index (κ1) is 13.1. The van der Waals surface area contributed by atoms with Crippen LogP contribution in [-0.2, 0) is 0 Å². The lowest BCUT2D eigenvalue weighted by atomic mass is 10.2. The highest BCUT2D eigenvalue weighted by Crippen LogP contribution is 2.33. The van der Waals surface area contributed by atoms with Gasteiger partial charge in [-0.25, -0.2) is 0 Å². The predicted octanol–water partition coefficient (Wildman–Crippen LogP) is 1.08. The molecule has 0 aliphatic heterocycles. The van der Waals surface area contributed by atoms with E-state index in [-0.39, 0.29) is 30.8 Å². The van der Waals surface area contributed by atoms with Crippen molar-refractivity contribution >= 4 is 5.82 Å². The molecule has 0 spiro atoms. The van der Waals surface area contributed by atoms with Gasteiger partial charge < -0.3 is 20.1 Å². The molecule has 8 nitrogen and oxygen atoms in total. The number of nitrogen functional groups attached to an aromatic ring is 1. The number of nitrogens with one attached hydrogen (secondary N) is 1. The summed E-state index contributed by atoms with van der Waals surface area (Å²) in [6.45, 7) is -0.0394. The van der Waals surface area contributed by atoms with Crippen molar-refractivity contribution in [2.75, 3.05) is 18.9 Å². The SMILES string of the molecule is Nc1[nH]nc(OCCO)c1-c1nc(-c2ccccc2)no1. The maximum absolute atomic E-state index is 8.80. The van der Waals surface area contributed by atoms with E-state index in [4.69, 9.17) is 20.1 Å². The van der Waals surface area contributed by atoms with Gasteiger partial charge in [-0.2, -0.15) is 4.98 Å². The van der Waals surface area contributed by atoms with E-state index < -0.39 is 0 Å². The molecule has 0 aliphatic rings. The van der Waals surface area contributed by atoms with Crippen molar-refractivity contribution in [1.29, 1.82) is 0 Å². The van der Waals surface area contributed by atoms with Crippen LogP contribution in [-0.4, -0.2) is 38.7 Å². The molecule has 2 aromatic heterocycles. The van der Waals surface area contributed by atoms with Gasteiger partial charge >= 0.3 is 0 Å². The Morgan fingerprint density at radius 1 is 1.29 bits per heavy atom. The fourth-order valence-electron chi connectivity index (χ4n) is 1.82. The molecule has 21 heavy (non-hydrogen) atoms. The Balaban J connectivity index is 1.95. The van der Waals surface area contributed by atoms with E-state index >= 15 is 0 Å². The number of aromatic nitrogens is 4. The molecule has 3 aromatic rings. The molecule has 0 unspecified atom stereocenters. The van der Waals surface area contributed by atoms with Gasteiger partial charge in [-0.05, 0) is 0 Å². The molecule has 4 N–H and O–H groups in total. The summed E-state index contributed by atoms with van der Waals surface area (Å²) in [6.07, 6.45) is 0. The quantitative estimate of drug-likeness (QED) is 0.641. The van der Waals surface area contributed by atoms with E-state index in [0.717, 1.165) is 5.56 Å². The molecule has 0 radical (unpaired) electrons. The molecular formula is C13H13N5O3. The second-order valence-electron chi connectivity index (χ2n) is 4.18. The third-order valence-electron chi connectivity index (χ3n) is 2.76. The largest absolute Gasteiger partial charge is 0.474 e. The molecule has 0 saturated carbocycles. The molecule has 0 bridgehead atoms. The summed E-state index contributed by atoms with van der Waals surface area (Å²) < 4.78 is 10.5. The molecule has 2 heterocycles. The highest BCUT2D eigenvalue weighted by Gasteiger charge is 2.21. The Kier molecular flexibility index (Phi) is 3.52. The molecule has 0 atom stereocenters. The lowest BCUT2D eigenvalue weighted by Crippen LogP contribution is -2.02. The van der Waals surface area contributed by atoms with Gasteiger partial charge in [-0.15, -0.1) is 5.10 Å². The van der Waals surface area contributed by atoms with E-state index in [9.17, 15) is 0 Å². The topological polar surface area (TPSA) is 123 Å². The van der Waals surface area contributed by atoms with Gasteiger partial charge in [0.25, 0.3) is 5.89 Å². The van der Waals surface area contributed by atoms with Crippen LogP contribution in [0, 0.1) is 0 Å². The van der Waals surface area contributed by atoms with Crippen LogP contribution in [0.5, 0.6) is 5.88 Å². The van der Waals surface area contributed by atoms with E-state index in [0.29, 0.717) is 11.4 Å². The number of nitrogens with zero attached hydrogens (tertiary/aromatic N) is 3. The number of aliphatic hydroxyl groups excluding tert-OH is 1. The molecule has 0 amide bonds. The fourth-order valence-corrected chi connectivity index (χ4v) is 1.82. The van der Waals surface area contributed by atoms with E-state index in [2.05, 4.69) is 20.3 Å². The molecule has 108 valence electrons. The molecule has 0 saturated heterocycles. The number of anilines is 1. The Hall–Kier alpha value is -2.87. The average molecular weight is 287 g/mol. The predicted molar refractivity (Wildman–Crippen MR) is 74.3 cm³/mol. The number of nitrogens with two attached hydrogens (primary N) is 1. The minimum Gasteiger partial charge on any atom is -0.474 e. The normalized spacial score (nSPS) is 10.7. The summed E-state index contributed by atoms with van der Waals surface area (Å²) in [4.78, 5) is 4.29. The highest BCUT2D eigenvalue weighted by molar-refractivity contribution is 5.73. The van der Waals surface area contributed by atoms with Gasteiger partial charge in [0.15, 0.2) is 0 Å². The van der Waals surface area contributed by atoms with Crippen LogP contribution >= 0.6 is 0 Å². The van der Waals surface area contributed by atoms with Crippen LogP contribution in [0.25, 0.3) is 22.8 Å². The van der Waals surface area contributed by atoms with Crippen LogP contribution < -0.4 is 10.5 Å². The lowest BCUT2D eigenvalue weighted by Gasteiger charge is -2.00. The number of hydrogen-bond acceptors (Lipinski definition) is 7. The third kappa shape index (κ3) is 2.56. The summed E-state index contributed by atoms with van der Waals surface area (Å²) >= 11 is 0. The molecule has 0 aliphatic carbocycles. The molecular weight excluding hydrogens is 274 g/mol. The number of aromatic amines is 1. The van der Waals surface area contributed by atoms with Gasteiger partial charge in [-0.3, -0.25) is 5.10 Å². The highest BCUT2D eigenvalue weighted by atomic mass is 16.5. The Bertz CT molecular complexity index is 722. The number of benzene rings is 1. The first-order valence-corrected chi connectivity index (χ1v) is 6.26. The monoisotopic (exact) mass is 287 g/mol. The van der Waals surface area contributed by atoms with Crippen molar-refractivity contribution in [3.8, 4) is 28.7 Å². The van der Waals surface area contributed by atoms with E-state index in [1.165, 1.54) is 0 Å². The van der Waals surface area contributed by atoms with Crippen LogP contribution in [0.15, 0.2) is 34.9 Å². The standard InChI is InChI=1S/C13H13N5O3/c14-10-9(13(17-16-10)20-7-6-19)12-15-11(18-21-12)8-4-2-1-3-5-8/h1-5,19H,6-7H2,(H3,14,16,17). The first-order chi connectivity index (χ1) is 10.3. The average Bonchev–Trinajstić information content (AvgIpc) is 3.12. The summed E-state index contributed by atoms with van der Waals surface area (Å²) in [5, 5.41) is 19.2. The van der Waals surface area contributed by atoms with Crippen molar-refractivity contribution in [2.45, 2.75) is 0 Å². The minimum absolute atomic E-state index is 0.0942. The third-order valence-corrected chi connectivity index (χ3v) is 2.76. The number of rotatable bonds is 5. The summed E-state index contributed by atoms with van der Waals surface area (Å²) in [5.41, 5.74) is 7.02. The van der Waals surface area contributed by atoms with E-state index in [1.807, 2.05) is 30.3 Å². The molecule has 0 fully saturated rings. The molecule has 3 rings (SSSR count). The van der Waals surface area contributed by atoms with Crippen molar-refractivity contribution in [3.05, 3.63) is 30.3 Å². The van der Waals surface area contributed by atoms with Crippen molar-refractivity contribution in [2.24, 2.45) is 0 Å². The number of H-pyrrole nitrogens is 1. The summed E-state index contributed by atoms with van der Waals surface area (Å²) in [5.74, 6) is 1.11. The molecule has 1 aromatic carbocycles. The van der Waals surface area contributed by atoms with Crippen LogP contribution in [0.4, 0.5) is 5.82 Å². The van der Waals surface area contributed by atoms with Crippen LogP contribution in [0.2, 0.25) is 0 Å². The number of aliphatic hydroxyl groups is 1. The summed E-state index contributed by atoms with van der Waals surface area (Å²) in [6, 6.07) is 9.41. The van der Waals surface area contributed by atoms with Gasteiger partial charge in [0.05, 0.1) is 6.61 Å². The van der Waals surface area contributed by atoms with Gasteiger partial charge in [0.2, 0.25) is 11.7 Å². The van der Waals surface area contributed by atoms with Gasteiger partial charge in [0.1, 0.15) is 18.0 Å². The Morgan fingerprint density at radius 3 is 2.86 bits per heavy atom. The maximum atomic E-state index is 8.80. The van der Waals surface area contributed by atoms with Crippen LogP contribution in [0.3, 0.4) is 0 Å². The van der Waals surface area contributed by atoms with Gasteiger partial charge in [0, 0.05) is 5.56 Å². The zero-order valence-electron chi connectivity index (χ0n) is 11.0. The minimum atomic E-state index is -0.134. The fraction of sp³-hybridized carbons (Fsp3) is 0.154. The number of hydrogen-bond donors (Lipinski definition) is 3.